The van der Waals surface area contributed by atoms with Crippen molar-refractivity contribution in [2.45, 2.75) is 57.8 Å². The molecule has 1 aromatic heterocycles. The number of aliphatic hydroxyl groups is 1. The molecule has 1 fully saturated rings. The van der Waals surface area contributed by atoms with E-state index < -0.39 is 24.1 Å². The summed E-state index contributed by atoms with van der Waals surface area (Å²) >= 11 is 1.47. The third-order valence-corrected chi connectivity index (χ3v) is 6.63. The number of hydrogen-bond acceptors (Lipinski definition) is 6. The van der Waals surface area contributed by atoms with Gasteiger partial charge >= 0.3 is 12.0 Å². The van der Waals surface area contributed by atoms with Crippen LogP contribution in [0.1, 0.15) is 54.0 Å². The number of hydrogen-bond donors (Lipinski definition) is 3. The molecule has 0 radical (unpaired) electrons. The Bertz CT molecular complexity index is 850. The first-order valence-electron chi connectivity index (χ1n) is 11.3. The number of aliphatic hydroxyl groups excluding tert-OH is 1. The van der Waals surface area contributed by atoms with E-state index >= 15 is 0 Å². The second-order valence-corrected chi connectivity index (χ2v) is 9.18. The summed E-state index contributed by atoms with van der Waals surface area (Å²) in [6.45, 7) is 5.19. The van der Waals surface area contributed by atoms with E-state index in [1.807, 2.05) is 42.5 Å². The van der Waals surface area contributed by atoms with E-state index in [1.54, 1.807) is 6.92 Å². The summed E-state index contributed by atoms with van der Waals surface area (Å²) in [4.78, 5) is 29.1. The lowest BCUT2D eigenvalue weighted by atomic mass is 10.1. The summed E-state index contributed by atoms with van der Waals surface area (Å²) in [5.74, 6) is -0.655. The van der Waals surface area contributed by atoms with Crippen LogP contribution >= 0.6 is 11.3 Å². The van der Waals surface area contributed by atoms with Gasteiger partial charge in [0.15, 0.2) is 6.04 Å². The lowest BCUT2D eigenvalue weighted by molar-refractivity contribution is -0.148. The van der Waals surface area contributed by atoms with E-state index in [0.717, 1.165) is 30.1 Å². The van der Waals surface area contributed by atoms with E-state index in [1.165, 1.54) is 37.0 Å². The number of nitrogens with zero attached hydrogens (tertiary/aromatic N) is 1. The Kier molecular flexibility index (Phi) is 9.52. The fourth-order valence-corrected chi connectivity index (χ4v) is 4.87. The van der Waals surface area contributed by atoms with E-state index in [4.69, 9.17) is 4.74 Å². The summed E-state index contributed by atoms with van der Waals surface area (Å²) in [5.41, 5.74) is 0.937. The summed E-state index contributed by atoms with van der Waals surface area (Å²) < 4.78 is 5.11. The fourth-order valence-electron chi connectivity index (χ4n) is 3.79. The second-order valence-electron chi connectivity index (χ2n) is 7.98. The number of likely N-dealkylation sites (tertiary alicyclic amines) is 1. The summed E-state index contributed by atoms with van der Waals surface area (Å²) in [6.07, 6.45) is 3.81. The monoisotopic (exact) mass is 459 g/mol. The van der Waals surface area contributed by atoms with Crippen LogP contribution in [0.4, 0.5) is 4.79 Å². The van der Waals surface area contributed by atoms with Gasteiger partial charge in [0.05, 0.1) is 6.61 Å². The Labute approximate surface area is 193 Å². The van der Waals surface area contributed by atoms with Crippen LogP contribution in [0, 0.1) is 0 Å². The molecule has 174 valence electrons. The van der Waals surface area contributed by atoms with Crippen LogP contribution in [-0.4, -0.2) is 47.7 Å². The number of benzene rings is 1. The molecule has 3 N–H and O–H groups in total. The molecule has 1 aliphatic heterocycles. The minimum Gasteiger partial charge on any atom is -0.464 e. The van der Waals surface area contributed by atoms with Crippen molar-refractivity contribution in [2.24, 2.45) is 0 Å². The quantitative estimate of drug-likeness (QED) is 0.499. The normalized spacial score (nSPS) is 16.6. The van der Waals surface area contributed by atoms with Gasteiger partial charge in [0.25, 0.3) is 0 Å². The number of thiophene rings is 1. The molecule has 1 aliphatic rings. The number of ether oxygens (including phenoxy) is 1. The zero-order valence-corrected chi connectivity index (χ0v) is 19.4. The van der Waals surface area contributed by atoms with Crippen molar-refractivity contribution in [1.82, 2.24) is 15.5 Å². The van der Waals surface area contributed by atoms with Gasteiger partial charge in [-0.1, -0.05) is 43.2 Å². The average molecular weight is 460 g/mol. The lowest BCUT2D eigenvalue weighted by Gasteiger charge is -2.22. The molecule has 2 aromatic rings. The van der Waals surface area contributed by atoms with Gasteiger partial charge in [0.2, 0.25) is 0 Å². The van der Waals surface area contributed by atoms with Crippen molar-refractivity contribution in [3.8, 4) is 0 Å². The van der Waals surface area contributed by atoms with Crippen LogP contribution in [0.15, 0.2) is 42.5 Å². The molecule has 1 saturated heterocycles. The Morgan fingerprint density at radius 1 is 1.09 bits per heavy atom. The van der Waals surface area contributed by atoms with E-state index in [0.29, 0.717) is 11.4 Å². The Balaban J connectivity index is 1.62. The molecule has 32 heavy (non-hydrogen) atoms. The summed E-state index contributed by atoms with van der Waals surface area (Å²) in [7, 11) is 0. The van der Waals surface area contributed by atoms with Gasteiger partial charge in [-0.25, -0.2) is 9.59 Å². The number of rotatable bonds is 9. The van der Waals surface area contributed by atoms with Crippen LogP contribution in [0.3, 0.4) is 0 Å². The SMILES string of the molecule is CCOC(=O)C(NC(=O)NCc1ccccc1)C(O)c1ccc(CN2CCCCCC2)s1. The molecular formula is C24H33N3O4S. The standard InChI is InChI=1S/C24H33N3O4S/c1-2-31-23(29)21(26-24(30)25-16-18-10-6-5-7-11-18)22(28)20-13-12-19(32-20)17-27-14-8-3-4-9-15-27/h5-7,10-13,21-22,28H,2-4,8-9,14-17H2,1H3,(H2,25,26,30). The highest BCUT2D eigenvalue weighted by atomic mass is 32.1. The minimum absolute atomic E-state index is 0.167. The molecule has 7 nitrogen and oxygen atoms in total. The van der Waals surface area contributed by atoms with E-state index in [-0.39, 0.29) is 6.61 Å². The molecule has 0 bridgehead atoms. The highest BCUT2D eigenvalue weighted by Gasteiger charge is 2.32. The van der Waals surface area contributed by atoms with Gasteiger partial charge in [0, 0.05) is 22.8 Å². The molecular weight excluding hydrogens is 426 g/mol. The van der Waals surface area contributed by atoms with Crippen LogP contribution in [0.2, 0.25) is 0 Å². The largest absolute Gasteiger partial charge is 0.464 e. The van der Waals surface area contributed by atoms with Crippen molar-refractivity contribution < 1.29 is 19.4 Å². The van der Waals surface area contributed by atoms with E-state index in [9.17, 15) is 14.7 Å². The van der Waals surface area contributed by atoms with Gasteiger partial charge in [-0.05, 0) is 50.6 Å². The fraction of sp³-hybridized carbons (Fsp3) is 0.500. The zero-order chi connectivity index (χ0) is 22.8. The third-order valence-electron chi connectivity index (χ3n) is 5.49. The molecule has 2 atom stereocenters. The minimum atomic E-state index is -1.18. The highest BCUT2D eigenvalue weighted by Crippen LogP contribution is 2.28. The van der Waals surface area contributed by atoms with Gasteiger partial charge in [-0.15, -0.1) is 11.3 Å². The predicted octanol–water partition coefficient (Wildman–Crippen LogP) is 3.59. The Morgan fingerprint density at radius 3 is 2.50 bits per heavy atom. The molecule has 8 heteroatoms. The highest BCUT2D eigenvalue weighted by molar-refractivity contribution is 7.12. The molecule has 2 unspecified atom stereocenters. The molecule has 3 rings (SSSR count). The third kappa shape index (κ3) is 7.32. The first-order chi connectivity index (χ1) is 15.6. The van der Waals surface area contributed by atoms with Crippen molar-refractivity contribution >= 4 is 23.3 Å². The first-order valence-corrected chi connectivity index (χ1v) is 12.1. The molecule has 2 heterocycles. The number of carbonyl (C=O) groups is 2. The smallest absolute Gasteiger partial charge is 0.331 e. The number of nitrogens with one attached hydrogen (secondary N) is 2. The van der Waals surface area contributed by atoms with Crippen LogP contribution in [-0.2, 0) is 22.6 Å². The maximum absolute atomic E-state index is 12.5. The van der Waals surface area contributed by atoms with Crippen molar-refractivity contribution in [3.63, 3.8) is 0 Å². The van der Waals surface area contributed by atoms with Crippen molar-refractivity contribution in [2.75, 3.05) is 19.7 Å². The van der Waals surface area contributed by atoms with Gasteiger partial charge in [-0.3, -0.25) is 4.90 Å². The Morgan fingerprint density at radius 2 is 1.81 bits per heavy atom. The number of carbonyl (C=O) groups excluding carboxylic acids is 2. The topological polar surface area (TPSA) is 90.9 Å². The number of urea groups is 1. The maximum Gasteiger partial charge on any atom is 0.331 e. The molecule has 0 spiro atoms. The molecule has 1 aromatic carbocycles. The zero-order valence-electron chi connectivity index (χ0n) is 18.6. The number of amides is 2. The van der Waals surface area contributed by atoms with Crippen LogP contribution in [0.25, 0.3) is 0 Å². The molecule has 0 aliphatic carbocycles. The summed E-state index contributed by atoms with van der Waals surface area (Å²) in [6, 6.07) is 11.6. The molecule has 0 saturated carbocycles. The van der Waals surface area contributed by atoms with E-state index in [2.05, 4.69) is 15.5 Å². The predicted molar refractivity (Wildman–Crippen MR) is 125 cm³/mol. The number of esters is 1. The maximum atomic E-state index is 12.5. The summed E-state index contributed by atoms with van der Waals surface area (Å²) in [5, 5.41) is 16.2. The van der Waals surface area contributed by atoms with Gasteiger partial charge in [0.1, 0.15) is 6.10 Å². The average Bonchev–Trinajstić information content (AvgIpc) is 3.11. The van der Waals surface area contributed by atoms with Crippen molar-refractivity contribution in [3.05, 3.63) is 57.8 Å². The van der Waals surface area contributed by atoms with Crippen molar-refractivity contribution in [1.29, 1.82) is 0 Å². The van der Waals surface area contributed by atoms with Gasteiger partial charge in [-0.2, -0.15) is 0 Å². The molecule has 2 amide bonds. The lowest BCUT2D eigenvalue weighted by Crippen LogP contribution is -2.49. The van der Waals surface area contributed by atoms with Crippen LogP contribution < -0.4 is 10.6 Å². The van der Waals surface area contributed by atoms with Crippen LogP contribution in [0.5, 0.6) is 0 Å². The first kappa shape index (κ1) is 24.2. The van der Waals surface area contributed by atoms with Gasteiger partial charge < -0.3 is 20.5 Å². The Hall–Kier alpha value is -2.42. The second kappa shape index (κ2) is 12.6.